The summed E-state index contributed by atoms with van der Waals surface area (Å²) in [5, 5.41) is 2.97. The Bertz CT molecular complexity index is 180. The lowest BCUT2D eigenvalue weighted by Gasteiger charge is -2.22. The lowest BCUT2D eigenvalue weighted by molar-refractivity contribution is -0.129. The van der Waals surface area contributed by atoms with Gasteiger partial charge in [-0.1, -0.05) is 50.0 Å². The summed E-state index contributed by atoms with van der Waals surface area (Å²) < 4.78 is 0. The van der Waals surface area contributed by atoms with Gasteiger partial charge in [-0.25, -0.2) is 0 Å². The van der Waals surface area contributed by atoms with E-state index in [2.05, 4.69) is 28.2 Å². The molecule has 2 nitrogen and oxygen atoms in total. The standard InChI is InChI=1S/C11H22BrNO/c1-5-7-9(12)8-13-10(14)11(3,4)6-2/h9H,5-8H2,1-4H3,(H,13,14). The number of amides is 1. The second kappa shape index (κ2) is 6.44. The van der Waals surface area contributed by atoms with E-state index < -0.39 is 0 Å². The highest BCUT2D eigenvalue weighted by atomic mass is 79.9. The van der Waals surface area contributed by atoms with Crippen LogP contribution in [0.15, 0.2) is 0 Å². The zero-order valence-corrected chi connectivity index (χ0v) is 11.3. The molecule has 1 N–H and O–H groups in total. The molecule has 0 aromatic heterocycles. The van der Waals surface area contributed by atoms with Gasteiger partial charge in [0.25, 0.3) is 0 Å². The predicted octanol–water partition coefficient (Wildman–Crippen LogP) is 3.10. The Balaban J connectivity index is 3.85. The number of nitrogens with one attached hydrogen (secondary N) is 1. The minimum atomic E-state index is -0.237. The molecule has 0 aliphatic carbocycles. The Morgan fingerprint density at radius 3 is 2.43 bits per heavy atom. The van der Waals surface area contributed by atoms with Crippen molar-refractivity contribution in [3.05, 3.63) is 0 Å². The third-order valence-corrected chi connectivity index (χ3v) is 3.37. The third-order valence-electron chi connectivity index (χ3n) is 2.58. The van der Waals surface area contributed by atoms with Crippen LogP contribution in [0.2, 0.25) is 0 Å². The molecule has 3 heteroatoms. The van der Waals surface area contributed by atoms with Gasteiger partial charge in [0.1, 0.15) is 0 Å². The topological polar surface area (TPSA) is 29.1 Å². The first-order valence-corrected chi connectivity index (χ1v) is 6.28. The lowest BCUT2D eigenvalue weighted by Crippen LogP contribution is -2.39. The number of carbonyl (C=O) groups is 1. The number of halogens is 1. The molecule has 1 unspecified atom stereocenters. The highest BCUT2D eigenvalue weighted by Crippen LogP contribution is 2.19. The zero-order chi connectivity index (χ0) is 11.2. The van der Waals surface area contributed by atoms with Gasteiger partial charge in [0, 0.05) is 16.8 Å². The van der Waals surface area contributed by atoms with Crippen LogP contribution in [0.25, 0.3) is 0 Å². The Hall–Kier alpha value is -0.0500. The maximum Gasteiger partial charge on any atom is 0.225 e. The van der Waals surface area contributed by atoms with Crippen molar-refractivity contribution < 1.29 is 4.79 Å². The Morgan fingerprint density at radius 2 is 2.00 bits per heavy atom. The molecule has 0 bridgehead atoms. The number of hydrogen-bond donors (Lipinski definition) is 1. The van der Waals surface area contributed by atoms with Crippen molar-refractivity contribution in [2.45, 2.75) is 51.8 Å². The van der Waals surface area contributed by atoms with Gasteiger partial charge in [0.2, 0.25) is 5.91 Å². The molecule has 84 valence electrons. The molecule has 0 spiro atoms. The van der Waals surface area contributed by atoms with Gasteiger partial charge in [-0.15, -0.1) is 0 Å². The fourth-order valence-corrected chi connectivity index (χ4v) is 1.64. The molecule has 0 aliphatic heterocycles. The summed E-state index contributed by atoms with van der Waals surface area (Å²) in [5.41, 5.74) is -0.237. The molecule has 0 aromatic rings. The molecule has 0 aromatic carbocycles. The van der Waals surface area contributed by atoms with Crippen LogP contribution < -0.4 is 5.32 Å². The summed E-state index contributed by atoms with van der Waals surface area (Å²) in [5.74, 6) is 0.153. The summed E-state index contributed by atoms with van der Waals surface area (Å²) in [6.45, 7) is 8.87. The van der Waals surface area contributed by atoms with Crippen molar-refractivity contribution in [1.82, 2.24) is 5.32 Å². The maximum absolute atomic E-state index is 11.7. The molecular formula is C11H22BrNO. The summed E-state index contributed by atoms with van der Waals surface area (Å²) in [6, 6.07) is 0. The van der Waals surface area contributed by atoms with E-state index in [1.165, 1.54) is 0 Å². The Labute approximate surface area is 96.0 Å². The fourth-order valence-electron chi connectivity index (χ4n) is 1.02. The largest absolute Gasteiger partial charge is 0.355 e. The molecule has 0 aliphatic rings. The van der Waals surface area contributed by atoms with Crippen molar-refractivity contribution >= 4 is 21.8 Å². The van der Waals surface area contributed by atoms with Crippen molar-refractivity contribution in [3.8, 4) is 0 Å². The normalized spacial score (nSPS) is 13.8. The minimum Gasteiger partial charge on any atom is -0.355 e. The lowest BCUT2D eigenvalue weighted by atomic mass is 9.89. The van der Waals surface area contributed by atoms with Gasteiger partial charge in [-0.3, -0.25) is 4.79 Å². The SMILES string of the molecule is CCCC(Br)CNC(=O)C(C)(C)CC. The van der Waals surface area contributed by atoms with E-state index in [1.54, 1.807) is 0 Å². The molecule has 0 radical (unpaired) electrons. The monoisotopic (exact) mass is 263 g/mol. The minimum absolute atomic E-state index is 0.153. The van der Waals surface area contributed by atoms with Gasteiger partial charge in [-0.2, -0.15) is 0 Å². The maximum atomic E-state index is 11.7. The smallest absolute Gasteiger partial charge is 0.225 e. The number of hydrogen-bond acceptors (Lipinski definition) is 1. The van der Waals surface area contributed by atoms with Crippen LogP contribution in [0.3, 0.4) is 0 Å². The van der Waals surface area contributed by atoms with Crippen LogP contribution >= 0.6 is 15.9 Å². The summed E-state index contributed by atoms with van der Waals surface area (Å²) in [7, 11) is 0. The second-order valence-corrected chi connectivity index (χ2v) is 5.63. The van der Waals surface area contributed by atoms with Crippen LogP contribution in [0, 0.1) is 5.41 Å². The van der Waals surface area contributed by atoms with Crippen LogP contribution in [-0.2, 0) is 4.79 Å². The highest BCUT2D eigenvalue weighted by molar-refractivity contribution is 9.09. The Morgan fingerprint density at radius 1 is 1.43 bits per heavy atom. The average molecular weight is 264 g/mol. The van der Waals surface area contributed by atoms with E-state index in [9.17, 15) is 4.79 Å². The van der Waals surface area contributed by atoms with E-state index in [4.69, 9.17) is 0 Å². The highest BCUT2D eigenvalue weighted by Gasteiger charge is 2.25. The predicted molar refractivity (Wildman–Crippen MR) is 64.7 cm³/mol. The van der Waals surface area contributed by atoms with Crippen LogP contribution in [0.5, 0.6) is 0 Å². The first kappa shape index (κ1) is 13.9. The molecular weight excluding hydrogens is 242 g/mol. The number of rotatable bonds is 6. The second-order valence-electron chi connectivity index (χ2n) is 4.33. The van der Waals surface area contributed by atoms with Gasteiger partial charge in [0.05, 0.1) is 0 Å². The third kappa shape index (κ3) is 4.99. The molecule has 0 rings (SSSR count). The molecule has 0 fully saturated rings. The van der Waals surface area contributed by atoms with E-state index in [0.29, 0.717) is 4.83 Å². The van der Waals surface area contributed by atoms with Gasteiger partial charge in [0.15, 0.2) is 0 Å². The molecule has 14 heavy (non-hydrogen) atoms. The summed E-state index contributed by atoms with van der Waals surface area (Å²) in [6.07, 6.45) is 3.12. The molecule has 1 atom stereocenters. The van der Waals surface area contributed by atoms with E-state index in [1.807, 2.05) is 20.8 Å². The zero-order valence-electron chi connectivity index (χ0n) is 9.69. The average Bonchev–Trinajstić information content (AvgIpc) is 2.14. The van der Waals surface area contributed by atoms with Crippen LogP contribution in [0.4, 0.5) is 0 Å². The first-order chi connectivity index (χ1) is 6.44. The quantitative estimate of drug-likeness (QED) is 0.734. The fraction of sp³-hybridized carbons (Fsp3) is 0.909. The molecule has 0 heterocycles. The van der Waals surface area contributed by atoms with Crippen molar-refractivity contribution in [2.24, 2.45) is 5.41 Å². The van der Waals surface area contributed by atoms with Crippen molar-refractivity contribution in [3.63, 3.8) is 0 Å². The van der Waals surface area contributed by atoms with E-state index in [-0.39, 0.29) is 11.3 Å². The van der Waals surface area contributed by atoms with Crippen molar-refractivity contribution in [2.75, 3.05) is 6.54 Å². The van der Waals surface area contributed by atoms with Crippen molar-refractivity contribution in [1.29, 1.82) is 0 Å². The van der Waals surface area contributed by atoms with Crippen LogP contribution in [-0.4, -0.2) is 17.3 Å². The molecule has 0 saturated heterocycles. The molecule has 0 saturated carbocycles. The summed E-state index contributed by atoms with van der Waals surface area (Å²) in [4.78, 5) is 12.1. The molecule has 1 amide bonds. The van der Waals surface area contributed by atoms with Gasteiger partial charge < -0.3 is 5.32 Å². The van der Waals surface area contributed by atoms with E-state index in [0.717, 1.165) is 25.8 Å². The van der Waals surface area contributed by atoms with Crippen LogP contribution in [0.1, 0.15) is 47.0 Å². The van der Waals surface area contributed by atoms with Gasteiger partial charge in [-0.05, 0) is 12.8 Å². The van der Waals surface area contributed by atoms with Gasteiger partial charge >= 0.3 is 0 Å². The first-order valence-electron chi connectivity index (χ1n) is 5.36. The summed E-state index contributed by atoms with van der Waals surface area (Å²) >= 11 is 3.54. The van der Waals surface area contributed by atoms with E-state index >= 15 is 0 Å². The number of carbonyl (C=O) groups excluding carboxylic acids is 1. The Kier molecular flexibility index (Phi) is 6.41. The number of alkyl halides is 1.